The zero-order valence-corrected chi connectivity index (χ0v) is 17.2. The molecule has 0 aromatic heterocycles. The van der Waals surface area contributed by atoms with E-state index in [2.05, 4.69) is 9.62 Å². The molecule has 0 amide bonds. The number of sulfonamides is 1. The summed E-state index contributed by atoms with van der Waals surface area (Å²) < 4.78 is 52.8. The van der Waals surface area contributed by atoms with E-state index >= 15 is 0 Å². The molecular weight excluding hydrogens is 416 g/mol. The molecule has 1 aliphatic rings. The first-order valence-corrected chi connectivity index (χ1v) is 11.2. The molecule has 10 heteroatoms. The molecule has 2 aromatic carbocycles. The smallest absolute Gasteiger partial charge is 0.299 e. The van der Waals surface area contributed by atoms with Gasteiger partial charge in [0.15, 0.2) is 11.6 Å². The third-order valence-electron chi connectivity index (χ3n) is 5.15. The van der Waals surface area contributed by atoms with Gasteiger partial charge in [-0.25, -0.2) is 27.1 Å². The van der Waals surface area contributed by atoms with Crippen molar-refractivity contribution in [2.75, 3.05) is 19.6 Å². The molecule has 162 valence electrons. The van der Waals surface area contributed by atoms with Crippen LogP contribution < -0.4 is 4.72 Å². The lowest BCUT2D eigenvalue weighted by atomic mass is 9.99. The molecule has 0 radical (unpaired) electrons. The zero-order valence-electron chi connectivity index (χ0n) is 16.4. The molecule has 7 nitrogen and oxygen atoms in total. The molecular formula is C20H24F2N3O4S+. The molecule has 3 rings (SSSR count). The van der Waals surface area contributed by atoms with Gasteiger partial charge in [0.05, 0.1) is 9.80 Å². The van der Waals surface area contributed by atoms with Crippen LogP contribution in [0.3, 0.4) is 0 Å². The topological polar surface area (TPSA) is 89.7 Å². The number of fused-ring (bicyclic) bond motifs is 1. The van der Waals surface area contributed by atoms with Crippen LogP contribution in [0.15, 0.2) is 41.3 Å². The number of hydrogen-bond acceptors (Lipinski definition) is 4. The largest absolute Gasteiger partial charge is 0.316 e. The van der Waals surface area contributed by atoms with E-state index in [1.807, 2.05) is 6.07 Å². The maximum Gasteiger partial charge on any atom is 0.316 e. The fraction of sp³-hybridized carbons (Fsp3) is 0.400. The first kappa shape index (κ1) is 22.3. The van der Waals surface area contributed by atoms with Crippen molar-refractivity contribution >= 4 is 15.7 Å². The molecule has 0 saturated carbocycles. The molecule has 2 aromatic rings. The van der Waals surface area contributed by atoms with E-state index < -0.39 is 21.7 Å². The van der Waals surface area contributed by atoms with Crippen molar-refractivity contribution in [2.45, 2.75) is 37.1 Å². The lowest BCUT2D eigenvalue weighted by molar-refractivity contribution is -0.729. The van der Waals surface area contributed by atoms with E-state index in [1.54, 1.807) is 12.1 Å². The van der Waals surface area contributed by atoms with Crippen LogP contribution in [0.5, 0.6) is 0 Å². The normalized spacial score (nSPS) is 14.5. The molecule has 0 fully saturated rings. The van der Waals surface area contributed by atoms with Gasteiger partial charge in [-0.3, -0.25) is 4.90 Å². The maximum atomic E-state index is 13.2. The second-order valence-electron chi connectivity index (χ2n) is 7.29. The molecule has 0 aliphatic carbocycles. The summed E-state index contributed by atoms with van der Waals surface area (Å²) in [6.07, 6.45) is 3.16. The average molecular weight is 440 g/mol. The standard InChI is InChI=1S/C20H24F2N3O4S/c21-19-7-6-18(13-20(19)22)30(28,29)23-9-2-1-3-10-24-11-8-15-4-5-17(25(26)27)12-16(15)14-24/h4-7,12-13,23H,1-3,8-11,14H2,(H,26,27)/q+1. The summed E-state index contributed by atoms with van der Waals surface area (Å²) in [6.45, 7) is 2.64. The first-order valence-electron chi connectivity index (χ1n) is 9.71. The van der Waals surface area contributed by atoms with Crippen LogP contribution in [0.1, 0.15) is 30.4 Å². The van der Waals surface area contributed by atoms with Crippen LogP contribution in [0.25, 0.3) is 0 Å². The second kappa shape index (κ2) is 9.59. The number of nitrogens with one attached hydrogen (secondary N) is 1. The van der Waals surface area contributed by atoms with E-state index in [-0.39, 0.29) is 22.1 Å². The fourth-order valence-electron chi connectivity index (χ4n) is 3.48. The van der Waals surface area contributed by atoms with Crippen molar-refractivity contribution < 1.29 is 27.3 Å². The molecule has 0 spiro atoms. The number of nitrogens with zero attached hydrogens (tertiary/aromatic N) is 2. The van der Waals surface area contributed by atoms with E-state index in [1.165, 1.54) is 5.56 Å². The molecule has 0 saturated heterocycles. The number of rotatable bonds is 9. The Kier molecular flexibility index (Phi) is 7.11. The van der Waals surface area contributed by atoms with Crippen molar-refractivity contribution in [3.05, 3.63) is 64.1 Å². The third-order valence-corrected chi connectivity index (χ3v) is 6.61. The van der Waals surface area contributed by atoms with Crippen LogP contribution in [-0.2, 0) is 23.0 Å². The van der Waals surface area contributed by atoms with Crippen molar-refractivity contribution in [1.82, 2.24) is 9.62 Å². The predicted molar refractivity (Wildman–Crippen MR) is 106 cm³/mol. The maximum absolute atomic E-state index is 13.2. The van der Waals surface area contributed by atoms with Gasteiger partial charge in [-0.1, -0.05) is 12.5 Å². The molecule has 1 heterocycles. The average Bonchev–Trinajstić information content (AvgIpc) is 2.71. The van der Waals surface area contributed by atoms with Crippen LogP contribution in [0.4, 0.5) is 14.5 Å². The van der Waals surface area contributed by atoms with Gasteiger partial charge in [0.1, 0.15) is 0 Å². The lowest BCUT2D eigenvalue weighted by Crippen LogP contribution is -2.31. The molecule has 2 N–H and O–H groups in total. The highest BCUT2D eigenvalue weighted by Crippen LogP contribution is 2.23. The summed E-state index contributed by atoms with van der Waals surface area (Å²) >= 11 is 0. The van der Waals surface area contributed by atoms with E-state index in [0.717, 1.165) is 50.0 Å². The van der Waals surface area contributed by atoms with Gasteiger partial charge in [-0.05, 0) is 55.1 Å². The van der Waals surface area contributed by atoms with Crippen molar-refractivity contribution in [3.63, 3.8) is 0 Å². The SMILES string of the molecule is O=[N+](O)c1ccc2c(c1)CN(CCCCCNS(=O)(=O)c1ccc(F)c(F)c1)CC2. The Morgan fingerprint density at radius 2 is 1.83 bits per heavy atom. The summed E-state index contributed by atoms with van der Waals surface area (Å²) in [5.41, 5.74) is 2.40. The highest BCUT2D eigenvalue weighted by molar-refractivity contribution is 7.89. The lowest BCUT2D eigenvalue weighted by Gasteiger charge is -2.28. The monoisotopic (exact) mass is 440 g/mol. The molecule has 0 atom stereocenters. The minimum atomic E-state index is -3.87. The molecule has 1 aliphatic heterocycles. The van der Waals surface area contributed by atoms with Gasteiger partial charge in [-0.2, -0.15) is 0 Å². The molecule has 0 bridgehead atoms. The van der Waals surface area contributed by atoms with E-state index in [4.69, 9.17) is 5.21 Å². The summed E-state index contributed by atoms with van der Waals surface area (Å²) in [7, 11) is -3.87. The van der Waals surface area contributed by atoms with Gasteiger partial charge in [0, 0.05) is 31.8 Å². The number of hydrogen-bond donors (Lipinski definition) is 2. The Hall–Kier alpha value is -2.43. The second-order valence-corrected chi connectivity index (χ2v) is 9.05. The van der Waals surface area contributed by atoms with Crippen molar-refractivity contribution in [3.8, 4) is 0 Å². The van der Waals surface area contributed by atoms with Crippen LogP contribution >= 0.6 is 0 Å². The Morgan fingerprint density at radius 3 is 2.57 bits per heavy atom. The zero-order chi connectivity index (χ0) is 21.7. The molecule has 30 heavy (non-hydrogen) atoms. The minimum absolute atomic E-state index is 0.138. The van der Waals surface area contributed by atoms with Gasteiger partial charge in [-0.15, -0.1) is 0 Å². The van der Waals surface area contributed by atoms with Gasteiger partial charge in [0.25, 0.3) is 4.92 Å². The quantitative estimate of drug-likeness (QED) is 0.461. The third kappa shape index (κ3) is 5.59. The van der Waals surface area contributed by atoms with E-state index in [0.29, 0.717) is 19.0 Å². The number of benzene rings is 2. The van der Waals surface area contributed by atoms with Gasteiger partial charge >= 0.3 is 5.69 Å². The van der Waals surface area contributed by atoms with Gasteiger partial charge < -0.3 is 0 Å². The van der Waals surface area contributed by atoms with Crippen LogP contribution in [-0.4, -0.2) is 43.1 Å². The van der Waals surface area contributed by atoms with Crippen LogP contribution in [0.2, 0.25) is 0 Å². The number of unbranched alkanes of at least 4 members (excludes halogenated alkanes) is 2. The van der Waals surface area contributed by atoms with E-state index in [9.17, 15) is 22.1 Å². The minimum Gasteiger partial charge on any atom is -0.299 e. The summed E-state index contributed by atoms with van der Waals surface area (Å²) in [5.74, 6) is -2.29. The first-order chi connectivity index (χ1) is 14.3. The van der Waals surface area contributed by atoms with Crippen molar-refractivity contribution in [2.24, 2.45) is 0 Å². The Morgan fingerprint density at radius 1 is 1.03 bits per heavy atom. The Bertz CT molecular complexity index is 1030. The van der Waals surface area contributed by atoms with Gasteiger partial charge in [0.2, 0.25) is 10.0 Å². The highest BCUT2D eigenvalue weighted by atomic mass is 32.2. The summed E-state index contributed by atoms with van der Waals surface area (Å²) in [4.78, 5) is 12.9. The van der Waals surface area contributed by atoms with Crippen molar-refractivity contribution in [1.29, 1.82) is 0 Å². The Balaban J connectivity index is 1.40. The predicted octanol–water partition coefficient (Wildman–Crippen LogP) is 3.27. The molecule has 0 unspecified atom stereocenters. The summed E-state index contributed by atoms with van der Waals surface area (Å²) in [6, 6.07) is 7.65. The van der Waals surface area contributed by atoms with Crippen LogP contribution in [0, 0.1) is 16.5 Å². The number of halogens is 2. The highest BCUT2D eigenvalue weighted by Gasteiger charge is 2.20. The summed E-state index contributed by atoms with van der Waals surface area (Å²) in [5, 5.41) is 9.05. The fourth-order valence-corrected chi connectivity index (χ4v) is 4.57. The Labute approximate surface area is 173 Å².